The van der Waals surface area contributed by atoms with Gasteiger partial charge in [-0.2, -0.15) is 0 Å². The summed E-state index contributed by atoms with van der Waals surface area (Å²) in [7, 11) is 0. The molecule has 0 saturated carbocycles. The molecule has 1 aromatic carbocycles. The molecule has 0 radical (unpaired) electrons. The maximum atomic E-state index is 9.57. The van der Waals surface area contributed by atoms with Crippen LogP contribution in [0.4, 0.5) is 0 Å². The van der Waals surface area contributed by atoms with Gasteiger partial charge in [-0.1, -0.05) is 43.9 Å². The maximum absolute atomic E-state index is 9.57. The number of aliphatic hydroxyl groups excluding tert-OH is 2. The molecule has 5 nitrogen and oxygen atoms in total. The molecule has 0 spiro atoms. The lowest BCUT2D eigenvalue weighted by Gasteiger charge is -2.31. The lowest BCUT2D eigenvalue weighted by Crippen LogP contribution is -2.38. The first-order valence-corrected chi connectivity index (χ1v) is 9.51. The molecule has 0 amide bonds. The van der Waals surface area contributed by atoms with Gasteiger partial charge in [-0.05, 0) is 25.0 Å². The van der Waals surface area contributed by atoms with E-state index in [1.54, 1.807) is 0 Å². The van der Waals surface area contributed by atoms with Crippen LogP contribution in [-0.2, 0) is 9.47 Å². The second-order valence-electron chi connectivity index (χ2n) is 6.64. The monoisotopic (exact) mass is 352 g/mol. The second kappa shape index (κ2) is 12.3. The summed E-state index contributed by atoms with van der Waals surface area (Å²) in [6.45, 7) is 1.43. The molecule has 1 aromatic rings. The number of ether oxygens (including phenoxy) is 3. The van der Waals surface area contributed by atoms with Gasteiger partial charge in [0.1, 0.15) is 5.75 Å². The van der Waals surface area contributed by atoms with Crippen LogP contribution in [0.1, 0.15) is 51.4 Å². The third kappa shape index (κ3) is 8.68. The Labute approximate surface area is 150 Å². The fraction of sp³-hybridized carbons (Fsp3) is 0.700. The molecule has 25 heavy (non-hydrogen) atoms. The standard InChI is InChI=1S/C20H32O5/c21-16-19-14-18(15-20(22)25-19)24-13-9-4-2-1-3-8-12-23-17-10-6-5-7-11-17/h5-7,10-11,18-22H,1-4,8-9,12-16H2. The number of para-hydroxylation sites is 1. The van der Waals surface area contributed by atoms with Crippen LogP contribution in [0.25, 0.3) is 0 Å². The fourth-order valence-electron chi connectivity index (χ4n) is 3.07. The molecule has 1 aliphatic rings. The minimum atomic E-state index is -0.811. The zero-order chi connectivity index (χ0) is 17.7. The van der Waals surface area contributed by atoms with Crippen LogP contribution < -0.4 is 4.74 Å². The van der Waals surface area contributed by atoms with Gasteiger partial charge in [0.15, 0.2) is 6.29 Å². The van der Waals surface area contributed by atoms with Gasteiger partial charge in [0, 0.05) is 19.4 Å². The molecule has 3 atom stereocenters. The van der Waals surface area contributed by atoms with E-state index in [-0.39, 0.29) is 18.8 Å². The van der Waals surface area contributed by atoms with Crippen molar-refractivity contribution >= 4 is 0 Å². The Morgan fingerprint density at radius 2 is 1.60 bits per heavy atom. The van der Waals surface area contributed by atoms with E-state index < -0.39 is 6.29 Å². The van der Waals surface area contributed by atoms with Gasteiger partial charge < -0.3 is 24.4 Å². The largest absolute Gasteiger partial charge is 0.494 e. The summed E-state index contributed by atoms with van der Waals surface area (Å²) in [4.78, 5) is 0. The highest BCUT2D eigenvalue weighted by atomic mass is 16.6. The molecule has 2 rings (SSSR count). The number of hydrogen-bond donors (Lipinski definition) is 2. The van der Waals surface area contributed by atoms with Crippen molar-refractivity contribution in [2.24, 2.45) is 0 Å². The van der Waals surface area contributed by atoms with Gasteiger partial charge in [-0.3, -0.25) is 0 Å². The number of rotatable bonds is 12. The molecule has 5 heteroatoms. The third-order valence-corrected chi connectivity index (χ3v) is 4.45. The van der Waals surface area contributed by atoms with Crippen LogP contribution >= 0.6 is 0 Å². The van der Waals surface area contributed by atoms with Crippen LogP contribution in [0.5, 0.6) is 5.75 Å². The summed E-state index contributed by atoms with van der Waals surface area (Å²) in [5.74, 6) is 0.946. The fourth-order valence-corrected chi connectivity index (χ4v) is 3.07. The Morgan fingerprint density at radius 3 is 2.32 bits per heavy atom. The lowest BCUT2D eigenvalue weighted by molar-refractivity contribution is -0.205. The average Bonchev–Trinajstić information content (AvgIpc) is 2.63. The minimum Gasteiger partial charge on any atom is -0.494 e. The number of benzene rings is 1. The summed E-state index contributed by atoms with van der Waals surface area (Å²) in [5, 5.41) is 18.7. The van der Waals surface area contributed by atoms with Crippen molar-refractivity contribution in [1.82, 2.24) is 0 Å². The minimum absolute atomic E-state index is 0.00367. The predicted molar refractivity (Wildman–Crippen MR) is 96.6 cm³/mol. The molecule has 2 N–H and O–H groups in total. The molecular weight excluding hydrogens is 320 g/mol. The first-order chi connectivity index (χ1) is 12.3. The molecule has 1 saturated heterocycles. The predicted octanol–water partition coefficient (Wildman–Crippen LogP) is 3.28. The second-order valence-corrected chi connectivity index (χ2v) is 6.64. The van der Waals surface area contributed by atoms with E-state index in [4.69, 9.17) is 19.3 Å². The number of aliphatic hydroxyl groups is 2. The number of unbranched alkanes of at least 4 members (excludes halogenated alkanes) is 5. The summed E-state index contributed by atoms with van der Waals surface area (Å²) in [6.07, 6.45) is 6.97. The molecule has 3 unspecified atom stereocenters. The Bertz CT molecular complexity index is 439. The van der Waals surface area contributed by atoms with E-state index in [2.05, 4.69) is 0 Å². The summed E-state index contributed by atoms with van der Waals surface area (Å²) in [6, 6.07) is 9.94. The topological polar surface area (TPSA) is 68.2 Å². The van der Waals surface area contributed by atoms with Gasteiger partial charge in [-0.25, -0.2) is 0 Å². The van der Waals surface area contributed by atoms with Gasteiger partial charge in [-0.15, -0.1) is 0 Å². The first kappa shape index (κ1) is 20.2. The molecule has 142 valence electrons. The Hall–Kier alpha value is -1.14. The van der Waals surface area contributed by atoms with E-state index in [9.17, 15) is 5.11 Å². The number of hydrogen-bond acceptors (Lipinski definition) is 5. The average molecular weight is 352 g/mol. The maximum Gasteiger partial charge on any atom is 0.157 e. The van der Waals surface area contributed by atoms with E-state index in [0.717, 1.165) is 31.6 Å². The van der Waals surface area contributed by atoms with Gasteiger partial charge in [0.2, 0.25) is 0 Å². The summed E-state index contributed by atoms with van der Waals surface area (Å²) >= 11 is 0. The zero-order valence-electron chi connectivity index (χ0n) is 15.0. The van der Waals surface area contributed by atoms with E-state index in [1.807, 2.05) is 30.3 Å². The van der Waals surface area contributed by atoms with Crippen molar-refractivity contribution in [3.8, 4) is 5.75 Å². The molecule has 1 fully saturated rings. The van der Waals surface area contributed by atoms with Crippen molar-refractivity contribution in [2.45, 2.75) is 69.9 Å². The van der Waals surface area contributed by atoms with Crippen molar-refractivity contribution < 1.29 is 24.4 Å². The Morgan fingerprint density at radius 1 is 0.920 bits per heavy atom. The van der Waals surface area contributed by atoms with Gasteiger partial charge in [0.25, 0.3) is 0 Å². The summed E-state index contributed by atoms with van der Waals surface area (Å²) in [5.41, 5.74) is 0. The van der Waals surface area contributed by atoms with Gasteiger partial charge in [0.05, 0.1) is 25.4 Å². The van der Waals surface area contributed by atoms with Crippen LogP contribution in [0, 0.1) is 0 Å². The zero-order valence-corrected chi connectivity index (χ0v) is 15.0. The van der Waals surface area contributed by atoms with Crippen molar-refractivity contribution in [3.63, 3.8) is 0 Å². The highest BCUT2D eigenvalue weighted by Gasteiger charge is 2.28. The SMILES string of the molecule is OCC1CC(OCCCCCCCCOc2ccccc2)CC(O)O1. The molecule has 1 heterocycles. The lowest BCUT2D eigenvalue weighted by atomic mass is 10.1. The van der Waals surface area contributed by atoms with E-state index in [0.29, 0.717) is 19.4 Å². The van der Waals surface area contributed by atoms with E-state index in [1.165, 1.54) is 19.3 Å². The normalized spacial score (nSPS) is 23.5. The van der Waals surface area contributed by atoms with E-state index >= 15 is 0 Å². The molecular formula is C20H32O5. The first-order valence-electron chi connectivity index (χ1n) is 9.51. The Kier molecular flexibility index (Phi) is 9.89. The third-order valence-electron chi connectivity index (χ3n) is 4.45. The quantitative estimate of drug-likeness (QED) is 0.565. The van der Waals surface area contributed by atoms with Crippen LogP contribution in [0.2, 0.25) is 0 Å². The highest BCUT2D eigenvalue weighted by Crippen LogP contribution is 2.21. The van der Waals surface area contributed by atoms with Crippen molar-refractivity contribution in [3.05, 3.63) is 30.3 Å². The molecule has 0 aromatic heterocycles. The van der Waals surface area contributed by atoms with Crippen LogP contribution in [0.15, 0.2) is 30.3 Å². The molecule has 0 aliphatic carbocycles. The molecule has 0 bridgehead atoms. The smallest absolute Gasteiger partial charge is 0.157 e. The van der Waals surface area contributed by atoms with Crippen molar-refractivity contribution in [2.75, 3.05) is 19.8 Å². The van der Waals surface area contributed by atoms with Gasteiger partial charge >= 0.3 is 0 Å². The van der Waals surface area contributed by atoms with Crippen molar-refractivity contribution in [1.29, 1.82) is 0 Å². The Balaban J connectivity index is 1.38. The van der Waals surface area contributed by atoms with Crippen LogP contribution in [0.3, 0.4) is 0 Å². The molecule has 1 aliphatic heterocycles. The highest BCUT2D eigenvalue weighted by molar-refractivity contribution is 5.20. The summed E-state index contributed by atoms with van der Waals surface area (Å²) < 4.78 is 16.7. The van der Waals surface area contributed by atoms with Crippen LogP contribution in [-0.4, -0.2) is 48.5 Å².